The van der Waals surface area contributed by atoms with Crippen LogP contribution in [0.3, 0.4) is 0 Å². The zero-order valence-electron chi connectivity index (χ0n) is 10.9. The summed E-state index contributed by atoms with van der Waals surface area (Å²) in [5.41, 5.74) is 1.76. The Hall–Kier alpha value is -1.46. The van der Waals surface area contributed by atoms with Crippen LogP contribution in [0.4, 0.5) is 16.5 Å². The zero-order valence-corrected chi connectivity index (χ0v) is 12.4. The van der Waals surface area contributed by atoms with E-state index in [1.165, 1.54) is 11.3 Å². The molecule has 0 aliphatic heterocycles. The summed E-state index contributed by atoms with van der Waals surface area (Å²) < 4.78 is 0. The average molecular weight is 295 g/mol. The van der Waals surface area contributed by atoms with Crippen LogP contribution in [0.15, 0.2) is 40.0 Å². The van der Waals surface area contributed by atoms with Gasteiger partial charge in [-0.15, -0.1) is 21.6 Å². The number of anilines is 1. The molecule has 0 N–H and O–H groups in total. The molecule has 4 nitrogen and oxygen atoms in total. The highest BCUT2D eigenvalue weighted by molar-refractivity contribution is 7.13. The van der Waals surface area contributed by atoms with Crippen molar-refractivity contribution in [3.63, 3.8) is 0 Å². The van der Waals surface area contributed by atoms with E-state index in [-0.39, 0.29) is 0 Å². The minimum absolute atomic E-state index is 0.602. The molecular weight excluding hydrogens is 280 g/mol. The van der Waals surface area contributed by atoms with Gasteiger partial charge in [0, 0.05) is 30.4 Å². The molecule has 1 heterocycles. The molecule has 0 aliphatic rings. The fraction of sp³-hybridized carbons (Fsp3) is 0.308. The predicted molar refractivity (Wildman–Crippen MR) is 81.3 cm³/mol. The second-order valence-electron chi connectivity index (χ2n) is 3.82. The Bertz CT molecular complexity index is 550. The topological polar surface area (TPSA) is 40.9 Å². The Balaban J connectivity index is 2.20. The molecule has 0 aliphatic carbocycles. The Kier molecular flexibility index (Phi) is 4.87. The van der Waals surface area contributed by atoms with Crippen molar-refractivity contribution in [3.05, 3.63) is 34.8 Å². The summed E-state index contributed by atoms with van der Waals surface area (Å²) >= 11 is 7.67. The Morgan fingerprint density at radius 3 is 2.63 bits per heavy atom. The van der Waals surface area contributed by atoms with E-state index in [1.54, 1.807) is 6.20 Å². The first kappa shape index (κ1) is 14.0. The smallest absolute Gasteiger partial charge is 0.229 e. The lowest BCUT2D eigenvalue weighted by Gasteiger charge is -2.21. The molecule has 0 saturated heterocycles. The molecule has 0 unspecified atom stereocenters. The highest BCUT2D eigenvalue weighted by atomic mass is 35.5. The Labute approximate surface area is 121 Å². The van der Waals surface area contributed by atoms with Crippen LogP contribution in [0, 0.1) is 0 Å². The van der Waals surface area contributed by atoms with Gasteiger partial charge in [-0.1, -0.05) is 11.6 Å². The zero-order chi connectivity index (χ0) is 13.7. The van der Waals surface area contributed by atoms with Crippen LogP contribution in [0.5, 0.6) is 0 Å². The van der Waals surface area contributed by atoms with Gasteiger partial charge in [-0.3, -0.25) is 0 Å². The highest BCUT2D eigenvalue weighted by Gasteiger charge is 2.05. The van der Waals surface area contributed by atoms with Crippen molar-refractivity contribution < 1.29 is 0 Å². The summed E-state index contributed by atoms with van der Waals surface area (Å²) in [4.78, 5) is 6.27. The number of hydrogen-bond donors (Lipinski definition) is 0. The molecule has 1 aromatic heterocycles. The number of benzene rings is 1. The van der Waals surface area contributed by atoms with Crippen LogP contribution < -0.4 is 4.90 Å². The van der Waals surface area contributed by atoms with Crippen molar-refractivity contribution in [2.75, 3.05) is 18.0 Å². The first-order chi connectivity index (χ1) is 9.24. The van der Waals surface area contributed by atoms with Gasteiger partial charge >= 0.3 is 0 Å². The number of nitrogens with zero attached hydrogens (tertiary/aromatic N) is 4. The maximum absolute atomic E-state index is 6.23. The molecular formula is C13H15ClN4S. The lowest BCUT2D eigenvalue weighted by atomic mass is 10.2. The van der Waals surface area contributed by atoms with E-state index in [9.17, 15) is 0 Å². The number of rotatable bonds is 5. The largest absolute Gasteiger partial charge is 0.372 e. The van der Waals surface area contributed by atoms with Crippen molar-refractivity contribution in [1.29, 1.82) is 0 Å². The first-order valence-electron chi connectivity index (χ1n) is 6.10. The van der Waals surface area contributed by atoms with Gasteiger partial charge in [0.2, 0.25) is 5.13 Å². The molecule has 0 fully saturated rings. The first-order valence-corrected chi connectivity index (χ1v) is 7.36. The molecule has 19 heavy (non-hydrogen) atoms. The molecule has 0 atom stereocenters. The van der Waals surface area contributed by atoms with Crippen molar-refractivity contribution >= 4 is 39.4 Å². The summed E-state index contributed by atoms with van der Waals surface area (Å²) in [5.74, 6) is 0. The van der Waals surface area contributed by atoms with Crippen molar-refractivity contribution in [1.82, 2.24) is 4.98 Å². The number of azo groups is 1. The molecule has 0 bridgehead atoms. The molecule has 0 spiro atoms. The Morgan fingerprint density at radius 2 is 2.05 bits per heavy atom. The van der Waals surface area contributed by atoms with Crippen LogP contribution in [0.1, 0.15) is 13.8 Å². The normalized spacial score (nSPS) is 11.1. The maximum Gasteiger partial charge on any atom is 0.229 e. The van der Waals surface area contributed by atoms with E-state index < -0.39 is 0 Å². The third-order valence-electron chi connectivity index (χ3n) is 2.72. The molecule has 6 heteroatoms. The van der Waals surface area contributed by atoms with Crippen LogP contribution >= 0.6 is 22.9 Å². The lowest BCUT2D eigenvalue weighted by Crippen LogP contribution is -2.21. The molecule has 1 aromatic carbocycles. The van der Waals surface area contributed by atoms with Crippen LogP contribution in [-0.2, 0) is 0 Å². The number of thiazole rings is 1. The molecule has 0 amide bonds. The van der Waals surface area contributed by atoms with Crippen LogP contribution in [-0.4, -0.2) is 18.1 Å². The minimum Gasteiger partial charge on any atom is -0.372 e. The van der Waals surface area contributed by atoms with E-state index in [1.807, 2.05) is 23.6 Å². The summed E-state index contributed by atoms with van der Waals surface area (Å²) in [7, 11) is 0. The van der Waals surface area contributed by atoms with Gasteiger partial charge in [-0.05, 0) is 32.0 Å². The molecule has 2 rings (SSSR count). The number of aromatic nitrogens is 1. The molecule has 0 saturated carbocycles. The standard InChI is InChI=1S/C13H15ClN4S/c1-3-18(4-2)10-5-6-12(11(14)9-10)16-17-13-15-7-8-19-13/h5-9H,3-4H2,1-2H3. The highest BCUT2D eigenvalue weighted by Crippen LogP contribution is 2.31. The van der Waals surface area contributed by atoms with Gasteiger partial charge < -0.3 is 4.90 Å². The van der Waals surface area contributed by atoms with E-state index in [0.29, 0.717) is 15.8 Å². The lowest BCUT2D eigenvalue weighted by molar-refractivity contribution is 0.866. The van der Waals surface area contributed by atoms with E-state index in [0.717, 1.165) is 18.8 Å². The van der Waals surface area contributed by atoms with Crippen LogP contribution in [0.25, 0.3) is 0 Å². The van der Waals surface area contributed by atoms with Gasteiger partial charge in [-0.25, -0.2) is 4.98 Å². The van der Waals surface area contributed by atoms with E-state index in [2.05, 4.69) is 34.0 Å². The third-order valence-corrected chi connectivity index (χ3v) is 3.68. The van der Waals surface area contributed by atoms with Crippen molar-refractivity contribution in [2.45, 2.75) is 13.8 Å². The summed E-state index contributed by atoms with van der Waals surface area (Å²) in [6, 6.07) is 5.81. The second kappa shape index (κ2) is 6.63. The fourth-order valence-corrected chi connectivity index (χ4v) is 2.39. The maximum atomic E-state index is 6.23. The van der Waals surface area contributed by atoms with Crippen molar-refractivity contribution in [2.24, 2.45) is 10.2 Å². The SMILES string of the molecule is CCN(CC)c1ccc(N=Nc2nccs2)c(Cl)c1. The fourth-order valence-electron chi connectivity index (χ4n) is 1.72. The van der Waals surface area contributed by atoms with Crippen molar-refractivity contribution in [3.8, 4) is 0 Å². The van der Waals surface area contributed by atoms with E-state index in [4.69, 9.17) is 11.6 Å². The number of hydrogen-bond acceptors (Lipinski definition) is 5. The van der Waals surface area contributed by atoms with Gasteiger partial charge in [0.15, 0.2) is 0 Å². The van der Waals surface area contributed by atoms with Gasteiger partial charge in [0.25, 0.3) is 0 Å². The molecule has 2 aromatic rings. The van der Waals surface area contributed by atoms with Crippen LogP contribution in [0.2, 0.25) is 5.02 Å². The summed E-state index contributed by atoms with van der Waals surface area (Å²) in [6.07, 6.45) is 1.70. The van der Waals surface area contributed by atoms with E-state index >= 15 is 0 Å². The van der Waals surface area contributed by atoms with Gasteiger partial charge in [0.1, 0.15) is 5.69 Å². The Morgan fingerprint density at radius 1 is 1.26 bits per heavy atom. The molecule has 0 radical (unpaired) electrons. The molecule has 100 valence electrons. The quantitative estimate of drug-likeness (QED) is 0.723. The number of halogens is 1. The third kappa shape index (κ3) is 3.52. The van der Waals surface area contributed by atoms with Gasteiger partial charge in [-0.2, -0.15) is 0 Å². The second-order valence-corrected chi connectivity index (χ2v) is 5.10. The minimum atomic E-state index is 0.602. The van der Waals surface area contributed by atoms with Gasteiger partial charge in [0.05, 0.1) is 5.02 Å². The summed E-state index contributed by atoms with van der Waals surface area (Å²) in [5, 5.41) is 11.3. The average Bonchev–Trinajstić information content (AvgIpc) is 2.92. The monoisotopic (exact) mass is 294 g/mol. The predicted octanol–water partition coefficient (Wildman–Crippen LogP) is 5.06. The summed E-state index contributed by atoms with van der Waals surface area (Å²) in [6.45, 7) is 6.14.